The number of benzene rings is 2. The van der Waals surface area contributed by atoms with Crippen LogP contribution >= 0.6 is 0 Å². The van der Waals surface area contributed by atoms with Crippen LogP contribution in [0.1, 0.15) is 105 Å². The molecular formula is C45H49N7O7. The van der Waals surface area contributed by atoms with E-state index in [0.29, 0.717) is 74.1 Å². The van der Waals surface area contributed by atoms with Gasteiger partial charge in [0.25, 0.3) is 23.6 Å². The number of nitrogens with zero attached hydrogens (tertiary/aromatic N) is 5. The first kappa shape index (κ1) is 39.6. The monoisotopic (exact) mass is 799 g/mol. The lowest BCUT2D eigenvalue weighted by Gasteiger charge is -2.54. The highest BCUT2D eigenvalue weighted by Crippen LogP contribution is 2.43. The number of carbonyl (C=O) groups excluding carboxylic acids is 7. The molecule has 14 nitrogen and oxygen atoms in total. The Bertz CT molecular complexity index is 2170. The Morgan fingerprint density at radius 2 is 1.53 bits per heavy atom. The Hall–Kier alpha value is -6.18. The molecule has 6 heterocycles. The van der Waals surface area contributed by atoms with Gasteiger partial charge in [-0.15, -0.1) is 0 Å². The number of hydrogen-bond donors (Lipinski definition) is 2. The minimum atomic E-state index is -1.01. The molecule has 2 N–H and O–H groups in total. The summed E-state index contributed by atoms with van der Waals surface area (Å²) in [6, 6.07) is 14.9. The van der Waals surface area contributed by atoms with Gasteiger partial charge < -0.3 is 20.0 Å². The third-order valence-corrected chi connectivity index (χ3v) is 12.7. The van der Waals surface area contributed by atoms with E-state index in [4.69, 9.17) is 0 Å². The van der Waals surface area contributed by atoms with Crippen LogP contribution in [0.2, 0.25) is 0 Å². The van der Waals surface area contributed by atoms with Crippen molar-refractivity contribution in [1.82, 2.24) is 30.3 Å². The fourth-order valence-electron chi connectivity index (χ4n) is 9.23. The Balaban J connectivity index is 0.757. The number of fused-ring (bicyclic) bond motifs is 1. The molecule has 7 amide bonds. The Morgan fingerprint density at radius 3 is 2.20 bits per heavy atom. The summed E-state index contributed by atoms with van der Waals surface area (Å²) in [5.74, 6) is -1.70. The van der Waals surface area contributed by atoms with E-state index >= 15 is 0 Å². The molecule has 0 aliphatic carbocycles. The quantitative estimate of drug-likeness (QED) is 0.165. The van der Waals surface area contributed by atoms with Crippen LogP contribution in [0, 0.1) is 11.3 Å². The number of anilines is 1. The zero-order valence-corrected chi connectivity index (χ0v) is 33.1. The fourth-order valence-corrected chi connectivity index (χ4v) is 9.23. The summed E-state index contributed by atoms with van der Waals surface area (Å²) >= 11 is 0. The summed E-state index contributed by atoms with van der Waals surface area (Å²) in [6.45, 7) is 4.59. The number of rotatable bonds is 11. The van der Waals surface area contributed by atoms with Gasteiger partial charge in [-0.3, -0.25) is 48.8 Å². The Morgan fingerprint density at radius 1 is 0.814 bits per heavy atom. The summed E-state index contributed by atoms with van der Waals surface area (Å²) < 4.78 is 0. The molecule has 0 radical (unpaired) electrons. The SMILES string of the molecule is O=C(/C=C/c1cccnc1)NCCCCC1CCN(C(=O)c2ccc(C(=O)N3CC4(CCN(c5cccc6c5C(=O)N(C5CCC(=O)NC5=O)C6=O)CC4)C3)cc2)CC1. The van der Waals surface area contributed by atoms with E-state index in [1.165, 1.54) is 6.08 Å². The average molecular weight is 800 g/mol. The molecule has 1 spiro atoms. The summed E-state index contributed by atoms with van der Waals surface area (Å²) in [4.78, 5) is 101. The van der Waals surface area contributed by atoms with Crippen LogP contribution in [0.3, 0.4) is 0 Å². The predicted octanol–water partition coefficient (Wildman–Crippen LogP) is 4.08. The molecule has 2 aromatic carbocycles. The van der Waals surface area contributed by atoms with Gasteiger partial charge in [0, 0.05) is 87.2 Å². The molecule has 0 saturated carbocycles. The first-order chi connectivity index (χ1) is 28.6. The van der Waals surface area contributed by atoms with Gasteiger partial charge >= 0.3 is 0 Å². The Labute approximate surface area is 343 Å². The topological polar surface area (TPSA) is 169 Å². The number of nitrogens with one attached hydrogen (secondary N) is 2. The van der Waals surface area contributed by atoms with Crippen LogP contribution < -0.4 is 15.5 Å². The van der Waals surface area contributed by atoms with Crippen LogP contribution in [-0.2, 0) is 14.4 Å². The molecule has 8 rings (SSSR count). The zero-order valence-electron chi connectivity index (χ0n) is 33.1. The minimum Gasteiger partial charge on any atom is -0.371 e. The molecule has 0 bridgehead atoms. The van der Waals surface area contributed by atoms with Crippen LogP contribution in [-0.4, -0.2) is 113 Å². The van der Waals surface area contributed by atoms with Gasteiger partial charge in [-0.05, 0) is 98.5 Å². The highest BCUT2D eigenvalue weighted by atomic mass is 16.2. The zero-order chi connectivity index (χ0) is 41.1. The van der Waals surface area contributed by atoms with Gasteiger partial charge in [-0.1, -0.05) is 25.0 Å². The van der Waals surface area contributed by atoms with Gasteiger partial charge in [0.2, 0.25) is 17.7 Å². The van der Waals surface area contributed by atoms with E-state index in [1.54, 1.807) is 54.9 Å². The Kier molecular flexibility index (Phi) is 11.4. The fraction of sp³-hybridized carbons (Fsp3) is 0.422. The molecule has 5 aliphatic rings. The minimum absolute atomic E-state index is 0.0158. The van der Waals surface area contributed by atoms with Gasteiger partial charge in [0.15, 0.2) is 0 Å². The van der Waals surface area contributed by atoms with Crippen molar-refractivity contribution in [2.75, 3.05) is 50.7 Å². The molecule has 3 aromatic rings. The van der Waals surface area contributed by atoms with Crippen LogP contribution in [0.15, 0.2) is 73.1 Å². The number of piperidine rings is 3. The first-order valence-corrected chi connectivity index (χ1v) is 20.7. The first-order valence-electron chi connectivity index (χ1n) is 20.7. The van der Waals surface area contributed by atoms with Crippen molar-refractivity contribution >= 4 is 53.1 Å². The van der Waals surface area contributed by atoms with Crippen LogP contribution in [0.5, 0.6) is 0 Å². The maximum absolute atomic E-state index is 13.6. The average Bonchev–Trinajstić information content (AvgIpc) is 3.50. The number of amides is 7. The normalized spacial score (nSPS) is 20.5. The molecule has 14 heteroatoms. The third kappa shape index (κ3) is 8.39. The smallest absolute Gasteiger partial charge is 0.264 e. The number of hydrogen-bond acceptors (Lipinski definition) is 9. The lowest BCUT2D eigenvalue weighted by atomic mass is 9.71. The lowest BCUT2D eigenvalue weighted by Crippen LogP contribution is -2.62. The van der Waals surface area contributed by atoms with Crippen LogP contribution in [0.25, 0.3) is 6.08 Å². The van der Waals surface area contributed by atoms with Crippen molar-refractivity contribution in [1.29, 1.82) is 0 Å². The maximum Gasteiger partial charge on any atom is 0.264 e. The van der Waals surface area contributed by atoms with E-state index in [0.717, 1.165) is 55.4 Å². The van der Waals surface area contributed by atoms with E-state index in [-0.39, 0.29) is 41.5 Å². The molecule has 4 saturated heterocycles. The highest BCUT2D eigenvalue weighted by Gasteiger charge is 2.49. The lowest BCUT2D eigenvalue weighted by molar-refractivity contribution is -0.136. The van der Waals surface area contributed by atoms with E-state index in [2.05, 4.69) is 20.5 Å². The van der Waals surface area contributed by atoms with Crippen molar-refractivity contribution in [3.8, 4) is 0 Å². The summed E-state index contributed by atoms with van der Waals surface area (Å²) in [7, 11) is 0. The largest absolute Gasteiger partial charge is 0.371 e. The van der Waals surface area contributed by atoms with Crippen molar-refractivity contribution in [2.24, 2.45) is 11.3 Å². The number of aromatic nitrogens is 1. The van der Waals surface area contributed by atoms with E-state index < -0.39 is 29.7 Å². The van der Waals surface area contributed by atoms with E-state index in [1.807, 2.05) is 28.0 Å². The molecule has 1 aromatic heterocycles. The summed E-state index contributed by atoms with van der Waals surface area (Å²) in [6.07, 6.45) is 13.4. The molecular weight excluding hydrogens is 751 g/mol. The van der Waals surface area contributed by atoms with Gasteiger partial charge in [-0.25, -0.2) is 0 Å². The van der Waals surface area contributed by atoms with Crippen molar-refractivity contribution in [2.45, 2.75) is 63.8 Å². The molecule has 4 fully saturated rings. The van der Waals surface area contributed by atoms with E-state index in [9.17, 15) is 33.6 Å². The number of imide groups is 2. The molecule has 1 atom stereocenters. The van der Waals surface area contributed by atoms with Gasteiger partial charge in [-0.2, -0.15) is 0 Å². The second-order valence-corrected chi connectivity index (χ2v) is 16.5. The number of carbonyl (C=O) groups is 7. The summed E-state index contributed by atoms with van der Waals surface area (Å²) in [5, 5.41) is 5.18. The molecule has 306 valence electrons. The molecule has 59 heavy (non-hydrogen) atoms. The van der Waals surface area contributed by atoms with Crippen LogP contribution in [0.4, 0.5) is 5.69 Å². The highest BCUT2D eigenvalue weighted by molar-refractivity contribution is 6.25. The number of likely N-dealkylation sites (tertiary alicyclic amines) is 2. The standard InChI is InChI=1S/C45H49N7O7/c53-37(15-9-31-6-4-21-46-27-31)47-22-2-1-5-30-17-23-50(24-18-30)41(56)32-10-12-33(13-11-32)42(57)51-28-45(29-51)19-25-49(26-20-45)35-8-3-7-34-39(35)44(59)52(43(34)58)36-14-16-38(54)48-40(36)55/h3-4,6-13,15,21,27,30,36H,1-2,5,14,16-20,22-26,28-29H2,(H,47,53)(H,48,54,55)/b15-9+. The second-order valence-electron chi connectivity index (χ2n) is 16.5. The number of pyridine rings is 1. The number of unbranched alkanes of at least 4 members (excludes halogenated alkanes) is 1. The molecule has 5 aliphatic heterocycles. The van der Waals surface area contributed by atoms with Crippen molar-refractivity contribution in [3.63, 3.8) is 0 Å². The third-order valence-electron chi connectivity index (χ3n) is 12.7. The second kappa shape index (κ2) is 17.0. The van der Waals surface area contributed by atoms with Crippen molar-refractivity contribution < 1.29 is 33.6 Å². The predicted molar refractivity (Wildman–Crippen MR) is 218 cm³/mol. The molecule has 1 unspecified atom stereocenters. The maximum atomic E-state index is 13.6. The summed E-state index contributed by atoms with van der Waals surface area (Å²) in [5.41, 5.74) is 3.21. The van der Waals surface area contributed by atoms with Gasteiger partial charge in [0.05, 0.1) is 16.8 Å². The van der Waals surface area contributed by atoms with Crippen molar-refractivity contribution in [3.05, 3.63) is 101 Å². The van der Waals surface area contributed by atoms with Gasteiger partial charge in [0.1, 0.15) is 6.04 Å².